The quantitative estimate of drug-likeness (QED) is 0.365. The molecule has 6 heteroatoms. The first-order chi connectivity index (χ1) is 3.06. The van der Waals surface area contributed by atoms with Crippen LogP contribution in [0.1, 0.15) is 6.92 Å². The molecule has 0 saturated heterocycles. The van der Waals surface area contributed by atoms with Gasteiger partial charge in [-0.25, -0.2) is 8.42 Å². The maximum atomic E-state index is 9.45. The molecule has 0 unspecified atom stereocenters. The van der Waals surface area contributed by atoms with Gasteiger partial charge in [0.1, 0.15) is 0 Å². The predicted octanol–water partition coefficient (Wildman–Crippen LogP) is -0.519. The molecule has 54 valence electrons. The molecule has 0 aliphatic heterocycles. The monoisotopic (exact) mass is 232 g/mol. The summed E-state index contributed by atoms with van der Waals surface area (Å²) in [6, 6.07) is 0. The third-order valence-corrected chi connectivity index (χ3v) is 0.787. The summed E-state index contributed by atoms with van der Waals surface area (Å²) in [5.74, 6) is 0. The second-order valence-electron chi connectivity index (χ2n) is 0.815. The molecule has 0 aliphatic carbocycles. The van der Waals surface area contributed by atoms with Crippen molar-refractivity contribution in [3.63, 3.8) is 0 Å². The zero-order chi connectivity index (χ0) is 5.91. The molecule has 0 heterocycles. The first-order valence-corrected chi connectivity index (χ1v) is 3.00. The van der Waals surface area contributed by atoms with E-state index in [1.54, 1.807) is 0 Å². The van der Waals surface area contributed by atoms with Crippen molar-refractivity contribution in [1.29, 1.82) is 0 Å². The Kier molecular flexibility index (Phi) is 6.40. The molecule has 0 spiro atoms. The van der Waals surface area contributed by atoms with E-state index in [0.717, 1.165) is 0 Å². The fraction of sp³-hybridized carbons (Fsp3) is 1.00. The van der Waals surface area contributed by atoms with E-state index in [4.69, 9.17) is 0 Å². The van der Waals surface area contributed by atoms with Crippen molar-refractivity contribution in [1.82, 2.24) is 0 Å². The molecular weight excluding hydrogens is 228 g/mol. The van der Waals surface area contributed by atoms with Gasteiger partial charge in [0, 0.05) is 0 Å². The summed E-state index contributed by atoms with van der Waals surface area (Å²) >= 11 is 0. The Morgan fingerprint density at radius 3 is 2.00 bits per heavy atom. The van der Waals surface area contributed by atoms with Gasteiger partial charge in [0.15, 0.2) is 0 Å². The van der Waals surface area contributed by atoms with Gasteiger partial charge >= 0.3 is 22.4 Å². The maximum absolute atomic E-state index is 9.45. The first-order valence-electron chi connectivity index (χ1n) is 1.66. The normalized spacial score (nSPS) is 10.2. The fourth-order valence-corrected chi connectivity index (χ4v) is 0.433. The summed E-state index contributed by atoms with van der Waals surface area (Å²) in [7, 11) is -4.42. The minimum Gasteiger partial charge on any atom is -0.726 e. The molecule has 0 fully saturated rings. The summed E-state index contributed by atoms with van der Waals surface area (Å²) in [6.07, 6.45) is 0. The minimum atomic E-state index is -4.42. The van der Waals surface area contributed by atoms with Crippen molar-refractivity contribution in [2.75, 3.05) is 6.61 Å². The molecule has 8 heavy (non-hydrogen) atoms. The largest absolute Gasteiger partial charge is 1.00 e. The van der Waals surface area contributed by atoms with Crippen molar-refractivity contribution < 1.29 is 39.5 Å². The van der Waals surface area contributed by atoms with E-state index >= 15 is 0 Å². The fourth-order valence-electron chi connectivity index (χ4n) is 0.144. The van der Waals surface area contributed by atoms with E-state index < -0.39 is 10.4 Å². The molecule has 4 nitrogen and oxygen atoms in total. The van der Waals surface area contributed by atoms with Crippen LogP contribution in [0.3, 0.4) is 0 Å². The van der Waals surface area contributed by atoms with Crippen molar-refractivity contribution in [3.05, 3.63) is 0 Å². The number of rotatable bonds is 2. The van der Waals surface area contributed by atoms with Crippen molar-refractivity contribution >= 4 is 10.4 Å². The van der Waals surface area contributed by atoms with Crippen LogP contribution in [0.2, 0.25) is 0 Å². The Bertz CT molecular complexity index is 127. The summed E-state index contributed by atoms with van der Waals surface area (Å²) in [5.41, 5.74) is 0. The van der Waals surface area contributed by atoms with E-state index in [1.807, 2.05) is 0 Å². The van der Waals surface area contributed by atoms with Crippen LogP contribution in [0.15, 0.2) is 0 Å². The topological polar surface area (TPSA) is 66.4 Å². The Labute approximate surface area is 63.7 Å². The second-order valence-corrected chi connectivity index (χ2v) is 1.87. The van der Waals surface area contributed by atoms with Crippen molar-refractivity contribution in [3.8, 4) is 0 Å². The average molecular weight is 233 g/mol. The summed E-state index contributed by atoms with van der Waals surface area (Å²) in [4.78, 5) is 0. The molecule has 0 atom stereocenters. The minimum absolute atomic E-state index is 0. The zero-order valence-corrected chi connectivity index (χ0v) is 6.35. The van der Waals surface area contributed by atoms with Gasteiger partial charge in [0.05, 0.1) is 6.61 Å². The van der Waals surface area contributed by atoms with Gasteiger partial charge in [-0.2, -0.15) is 0 Å². The number of hydrogen-bond acceptors (Lipinski definition) is 4. The van der Waals surface area contributed by atoms with Crippen molar-refractivity contribution in [2.24, 2.45) is 0 Å². The Hall–Kier alpha value is 0.610. The second kappa shape index (κ2) is 4.49. The Morgan fingerprint density at radius 2 is 2.00 bits per heavy atom. The average Bonchev–Trinajstić information content (AvgIpc) is 1.30. The van der Waals surface area contributed by atoms with Crippen molar-refractivity contribution in [2.45, 2.75) is 6.92 Å². The molecule has 0 rings (SSSR count). The summed E-state index contributed by atoms with van der Waals surface area (Å²) in [5, 5.41) is 0. The molecule has 0 aromatic carbocycles. The molecule has 0 aromatic heterocycles. The van der Waals surface area contributed by atoms with Crippen LogP contribution in [-0.4, -0.2) is 19.6 Å². The van der Waals surface area contributed by atoms with E-state index in [0.29, 0.717) is 0 Å². The molecule has 0 radical (unpaired) electrons. The van der Waals surface area contributed by atoms with Crippen LogP contribution in [0, 0.1) is 0 Å². The van der Waals surface area contributed by atoms with Crippen LogP contribution in [0.4, 0.5) is 0 Å². The summed E-state index contributed by atoms with van der Waals surface area (Å²) < 4.78 is 32.0. The molecule has 0 N–H and O–H groups in total. The van der Waals surface area contributed by atoms with Crippen LogP contribution in [0.5, 0.6) is 0 Å². The smallest absolute Gasteiger partial charge is 0.726 e. The van der Waals surface area contributed by atoms with Crippen LogP contribution >= 0.6 is 0 Å². The maximum Gasteiger partial charge on any atom is 1.00 e. The van der Waals surface area contributed by atoms with E-state index in [2.05, 4.69) is 4.18 Å². The zero-order valence-electron chi connectivity index (χ0n) is 4.05. The van der Waals surface area contributed by atoms with Gasteiger partial charge in [0.2, 0.25) is 10.4 Å². The van der Waals surface area contributed by atoms with Gasteiger partial charge in [-0.05, 0) is 6.92 Å². The number of hydrogen-bond donors (Lipinski definition) is 0. The van der Waals surface area contributed by atoms with E-state index in [-0.39, 0.29) is 29.0 Å². The molecular formula is C2H5AgO4S. The van der Waals surface area contributed by atoms with Gasteiger partial charge in [-0.3, -0.25) is 4.18 Å². The van der Waals surface area contributed by atoms with Crippen LogP contribution in [0.25, 0.3) is 0 Å². The van der Waals surface area contributed by atoms with E-state index in [9.17, 15) is 13.0 Å². The van der Waals surface area contributed by atoms with Gasteiger partial charge in [0.25, 0.3) is 0 Å². The molecule has 0 saturated carbocycles. The third kappa shape index (κ3) is 9.79. The molecule has 0 aliphatic rings. The molecule has 0 aromatic rings. The van der Waals surface area contributed by atoms with Gasteiger partial charge < -0.3 is 4.55 Å². The van der Waals surface area contributed by atoms with Gasteiger partial charge in [-0.1, -0.05) is 0 Å². The van der Waals surface area contributed by atoms with Crippen LogP contribution < -0.4 is 0 Å². The van der Waals surface area contributed by atoms with Crippen LogP contribution in [-0.2, 0) is 37.0 Å². The molecule has 0 amide bonds. The molecule has 0 bridgehead atoms. The predicted molar refractivity (Wildman–Crippen MR) is 21.3 cm³/mol. The Morgan fingerprint density at radius 1 is 1.62 bits per heavy atom. The standard InChI is InChI=1S/C2H6O4S.Ag/c1-2-6-7(3,4)5;/h2H2,1H3,(H,3,4,5);/q;+1/p-1. The van der Waals surface area contributed by atoms with Gasteiger partial charge in [-0.15, -0.1) is 0 Å². The third-order valence-electron chi connectivity index (χ3n) is 0.262. The SMILES string of the molecule is CCOS(=O)(=O)[O-].[Ag+]. The first kappa shape index (κ1) is 11.4. The Balaban J connectivity index is 0. The summed E-state index contributed by atoms with van der Waals surface area (Å²) in [6.45, 7) is 1.33. The van der Waals surface area contributed by atoms with E-state index in [1.165, 1.54) is 6.92 Å².